The Hall–Kier alpha value is -2.55. The van der Waals surface area contributed by atoms with Crippen LogP contribution in [0, 0.1) is 0 Å². The minimum Gasteiger partial charge on any atom is -0.135 e. The lowest BCUT2D eigenvalue weighted by atomic mass is 10.00. The van der Waals surface area contributed by atoms with Crippen LogP contribution in [0.1, 0.15) is 0 Å². The zero-order chi connectivity index (χ0) is 17.3. The number of fused-ring (bicyclic) bond motifs is 3. The Labute approximate surface area is 161 Å². The van der Waals surface area contributed by atoms with Gasteiger partial charge in [0.05, 0.1) is 0 Å². The Kier molecular flexibility index (Phi) is 4.00. The summed E-state index contributed by atoms with van der Waals surface area (Å²) in [5, 5.41) is 2.75. The molecule has 26 heavy (non-hydrogen) atoms. The summed E-state index contributed by atoms with van der Waals surface area (Å²) < 4.78 is 2.70. The SMILES string of the molecule is c1ccc(Sc2cccc3sc4cccc(-c5ccccc5)c4c23)cc1. The zero-order valence-corrected chi connectivity index (χ0v) is 15.7. The maximum atomic E-state index is 2.24. The summed E-state index contributed by atoms with van der Waals surface area (Å²) in [5.41, 5.74) is 2.59. The molecule has 0 atom stereocenters. The Morgan fingerprint density at radius 3 is 1.96 bits per heavy atom. The molecule has 124 valence electrons. The molecule has 0 spiro atoms. The highest BCUT2D eigenvalue weighted by atomic mass is 32.2. The number of benzene rings is 4. The van der Waals surface area contributed by atoms with Gasteiger partial charge in [0.2, 0.25) is 0 Å². The van der Waals surface area contributed by atoms with Crippen LogP contribution in [0.15, 0.2) is 107 Å². The lowest BCUT2D eigenvalue weighted by Gasteiger charge is -2.08. The van der Waals surface area contributed by atoms with Crippen LogP contribution in [0.5, 0.6) is 0 Å². The van der Waals surface area contributed by atoms with E-state index in [0.717, 1.165) is 0 Å². The van der Waals surface area contributed by atoms with Crippen molar-refractivity contribution < 1.29 is 0 Å². The minimum absolute atomic E-state index is 1.27. The fourth-order valence-corrected chi connectivity index (χ4v) is 5.62. The molecule has 5 rings (SSSR count). The molecule has 0 N–H and O–H groups in total. The highest BCUT2D eigenvalue weighted by Crippen LogP contribution is 2.45. The van der Waals surface area contributed by atoms with Crippen molar-refractivity contribution in [1.82, 2.24) is 0 Å². The molecule has 1 heterocycles. The first-order chi connectivity index (χ1) is 12.9. The van der Waals surface area contributed by atoms with Gasteiger partial charge < -0.3 is 0 Å². The van der Waals surface area contributed by atoms with Gasteiger partial charge in [0.1, 0.15) is 0 Å². The van der Waals surface area contributed by atoms with E-state index in [4.69, 9.17) is 0 Å². The summed E-state index contributed by atoms with van der Waals surface area (Å²) in [6, 6.07) is 34.6. The van der Waals surface area contributed by atoms with Crippen LogP contribution in [0.25, 0.3) is 31.3 Å². The van der Waals surface area contributed by atoms with E-state index in [1.807, 2.05) is 23.1 Å². The molecule has 0 saturated carbocycles. The van der Waals surface area contributed by atoms with Crippen LogP contribution in [0.2, 0.25) is 0 Å². The molecule has 0 nitrogen and oxygen atoms in total. The van der Waals surface area contributed by atoms with Crippen LogP contribution in [0.3, 0.4) is 0 Å². The van der Waals surface area contributed by atoms with Crippen LogP contribution in [0.4, 0.5) is 0 Å². The average molecular weight is 369 g/mol. The van der Waals surface area contributed by atoms with Gasteiger partial charge >= 0.3 is 0 Å². The van der Waals surface area contributed by atoms with E-state index < -0.39 is 0 Å². The van der Waals surface area contributed by atoms with Gasteiger partial charge in [0.15, 0.2) is 0 Å². The van der Waals surface area contributed by atoms with Gasteiger partial charge in [-0.1, -0.05) is 78.5 Å². The fraction of sp³-hybridized carbons (Fsp3) is 0. The van der Waals surface area contributed by atoms with Crippen molar-refractivity contribution >= 4 is 43.3 Å². The van der Waals surface area contributed by atoms with Crippen molar-refractivity contribution in [2.24, 2.45) is 0 Å². The zero-order valence-electron chi connectivity index (χ0n) is 14.1. The molecule has 0 aliphatic carbocycles. The van der Waals surface area contributed by atoms with Gasteiger partial charge in [-0.2, -0.15) is 0 Å². The number of hydrogen-bond acceptors (Lipinski definition) is 2. The second-order valence-electron chi connectivity index (χ2n) is 6.19. The molecular weight excluding hydrogens is 352 g/mol. The summed E-state index contributed by atoms with van der Waals surface area (Å²) in [6.45, 7) is 0. The second-order valence-corrected chi connectivity index (χ2v) is 8.39. The Bertz CT molecular complexity index is 1190. The molecule has 0 radical (unpaired) electrons. The molecule has 0 amide bonds. The topological polar surface area (TPSA) is 0 Å². The third-order valence-electron chi connectivity index (χ3n) is 4.54. The van der Waals surface area contributed by atoms with E-state index in [1.54, 1.807) is 0 Å². The summed E-state index contributed by atoms with van der Waals surface area (Å²) in [5.74, 6) is 0. The maximum absolute atomic E-state index is 2.24. The van der Waals surface area contributed by atoms with E-state index in [-0.39, 0.29) is 0 Å². The van der Waals surface area contributed by atoms with Gasteiger partial charge in [-0.25, -0.2) is 0 Å². The lowest BCUT2D eigenvalue weighted by molar-refractivity contribution is 1.44. The van der Waals surface area contributed by atoms with E-state index in [2.05, 4.69) is 97.1 Å². The fourth-order valence-electron chi connectivity index (χ4n) is 3.39. The monoisotopic (exact) mass is 368 g/mol. The summed E-state index contributed by atoms with van der Waals surface area (Å²) in [6.07, 6.45) is 0. The van der Waals surface area contributed by atoms with Crippen molar-refractivity contribution in [3.63, 3.8) is 0 Å². The van der Waals surface area contributed by atoms with Gasteiger partial charge in [0.25, 0.3) is 0 Å². The summed E-state index contributed by atoms with van der Waals surface area (Å²) in [7, 11) is 0. The molecule has 0 aliphatic rings. The third kappa shape index (κ3) is 2.72. The third-order valence-corrected chi connectivity index (χ3v) is 6.73. The summed E-state index contributed by atoms with van der Waals surface area (Å²) in [4.78, 5) is 2.60. The Morgan fingerprint density at radius 2 is 1.19 bits per heavy atom. The van der Waals surface area contributed by atoms with Gasteiger partial charge in [-0.15, -0.1) is 11.3 Å². The van der Waals surface area contributed by atoms with Gasteiger partial charge in [-0.3, -0.25) is 0 Å². The molecule has 0 aliphatic heterocycles. The molecule has 4 aromatic carbocycles. The van der Waals surface area contributed by atoms with E-state index in [1.165, 1.54) is 41.1 Å². The van der Waals surface area contributed by atoms with Gasteiger partial charge in [0, 0.05) is 30.0 Å². The number of rotatable bonds is 3. The van der Waals surface area contributed by atoms with Crippen molar-refractivity contribution in [1.29, 1.82) is 0 Å². The van der Waals surface area contributed by atoms with E-state index in [0.29, 0.717) is 0 Å². The first kappa shape index (κ1) is 15.7. The highest BCUT2D eigenvalue weighted by Gasteiger charge is 2.14. The van der Waals surface area contributed by atoms with Crippen LogP contribution in [-0.4, -0.2) is 0 Å². The molecule has 0 unspecified atom stereocenters. The highest BCUT2D eigenvalue weighted by molar-refractivity contribution is 7.99. The van der Waals surface area contributed by atoms with Gasteiger partial charge in [-0.05, 0) is 41.5 Å². The van der Waals surface area contributed by atoms with Crippen LogP contribution < -0.4 is 0 Å². The summed E-state index contributed by atoms with van der Waals surface area (Å²) >= 11 is 3.73. The smallest absolute Gasteiger partial charge is 0.0367 e. The molecule has 0 fully saturated rings. The quantitative estimate of drug-likeness (QED) is 0.312. The lowest BCUT2D eigenvalue weighted by Crippen LogP contribution is -1.81. The molecule has 0 saturated heterocycles. The van der Waals surface area contributed by atoms with E-state index >= 15 is 0 Å². The second kappa shape index (κ2) is 6.64. The predicted molar refractivity (Wildman–Crippen MR) is 115 cm³/mol. The van der Waals surface area contributed by atoms with Crippen molar-refractivity contribution in [3.05, 3.63) is 97.1 Å². The van der Waals surface area contributed by atoms with Crippen molar-refractivity contribution in [2.75, 3.05) is 0 Å². The van der Waals surface area contributed by atoms with Crippen molar-refractivity contribution in [2.45, 2.75) is 9.79 Å². The number of thiophene rings is 1. The number of hydrogen-bond donors (Lipinski definition) is 0. The molecule has 0 bridgehead atoms. The average Bonchev–Trinajstić information content (AvgIpc) is 3.09. The normalized spacial score (nSPS) is 11.2. The first-order valence-electron chi connectivity index (χ1n) is 8.63. The standard InChI is InChI=1S/C24H16S2/c1-3-9-17(10-4-1)19-13-7-14-20-23(19)24-21(15-8-16-22(24)26-20)25-18-11-5-2-6-12-18/h1-16H. The largest absolute Gasteiger partial charge is 0.135 e. The van der Waals surface area contributed by atoms with E-state index in [9.17, 15) is 0 Å². The molecule has 5 aromatic rings. The maximum Gasteiger partial charge on any atom is 0.0367 e. The Balaban J connectivity index is 1.80. The Morgan fingerprint density at radius 1 is 0.538 bits per heavy atom. The van der Waals surface area contributed by atoms with Crippen LogP contribution >= 0.6 is 23.1 Å². The van der Waals surface area contributed by atoms with Crippen molar-refractivity contribution in [3.8, 4) is 11.1 Å². The van der Waals surface area contributed by atoms with Crippen LogP contribution in [-0.2, 0) is 0 Å². The predicted octanol–water partition coefficient (Wildman–Crippen LogP) is 7.87. The molecular formula is C24H16S2. The molecule has 2 heteroatoms. The first-order valence-corrected chi connectivity index (χ1v) is 10.3. The molecule has 1 aromatic heterocycles. The minimum atomic E-state index is 1.27.